The minimum absolute atomic E-state index is 0.0245. The first-order valence-corrected chi connectivity index (χ1v) is 10.1. The molecule has 2 heterocycles. The highest BCUT2D eigenvalue weighted by atomic mass is 15.1. The van der Waals surface area contributed by atoms with Crippen LogP contribution < -0.4 is 4.57 Å². The second-order valence-electron chi connectivity index (χ2n) is 9.03. The maximum Gasteiger partial charge on any atom is 0.298 e. The first-order valence-electron chi connectivity index (χ1n) is 10.1. The summed E-state index contributed by atoms with van der Waals surface area (Å²) in [4.78, 5) is 14.4. The highest BCUT2D eigenvalue weighted by molar-refractivity contribution is 5.97. The van der Waals surface area contributed by atoms with E-state index >= 15 is 0 Å². The van der Waals surface area contributed by atoms with Gasteiger partial charge in [0.1, 0.15) is 0 Å². The molecule has 0 amide bonds. The van der Waals surface area contributed by atoms with Crippen molar-refractivity contribution in [2.24, 2.45) is 7.05 Å². The average molecular weight is 386 g/mol. The molecule has 0 aliphatic heterocycles. The van der Waals surface area contributed by atoms with Gasteiger partial charge in [-0.15, -0.1) is 0 Å². The van der Waals surface area contributed by atoms with Crippen LogP contribution in [0.5, 0.6) is 0 Å². The molecule has 4 aromatic rings. The van der Waals surface area contributed by atoms with Crippen LogP contribution in [0.15, 0.2) is 30.3 Å². The van der Waals surface area contributed by atoms with Crippen LogP contribution >= 0.6 is 0 Å². The van der Waals surface area contributed by atoms with Gasteiger partial charge in [0.15, 0.2) is 11.2 Å². The number of rotatable bonds is 1. The molecule has 0 atom stereocenters. The third-order valence-electron chi connectivity index (χ3n) is 5.98. The van der Waals surface area contributed by atoms with Gasteiger partial charge >= 0.3 is 0 Å². The van der Waals surface area contributed by atoms with Crippen LogP contribution in [0.25, 0.3) is 33.2 Å². The summed E-state index contributed by atoms with van der Waals surface area (Å²) in [6, 6.07) is 11.1. The Morgan fingerprint density at radius 2 is 1.45 bits per heavy atom. The van der Waals surface area contributed by atoms with Crippen molar-refractivity contribution < 1.29 is 4.57 Å². The number of nitrogens with zero attached hydrogens (tertiary/aromatic N) is 4. The van der Waals surface area contributed by atoms with Gasteiger partial charge in [0, 0.05) is 12.5 Å². The van der Waals surface area contributed by atoms with Gasteiger partial charge in [0.05, 0.1) is 18.4 Å². The standard InChI is InChI=1S/C25H29N4/c1-14-18-11-9-10-12-19(18)21(25(5,6)7)13-20(14)23-22-24(28-17(4)29(23)8)27-16(3)15(2)26-22/h9-13H,1-8H3/q+1. The second kappa shape index (κ2) is 6.58. The van der Waals surface area contributed by atoms with E-state index in [9.17, 15) is 0 Å². The van der Waals surface area contributed by atoms with E-state index in [1.807, 2.05) is 20.8 Å². The van der Waals surface area contributed by atoms with E-state index in [1.54, 1.807) is 0 Å². The summed E-state index contributed by atoms with van der Waals surface area (Å²) in [6.45, 7) is 15.1. The van der Waals surface area contributed by atoms with Gasteiger partial charge in [-0.3, -0.25) is 0 Å². The number of benzene rings is 2. The quantitative estimate of drug-likeness (QED) is 0.423. The van der Waals surface area contributed by atoms with Crippen molar-refractivity contribution in [3.05, 3.63) is 58.7 Å². The SMILES string of the molecule is Cc1nc2nc(C)[n+](C)c(-c3cc(C(C)(C)C)c4ccccc4c3C)c2nc1C. The van der Waals surface area contributed by atoms with Crippen molar-refractivity contribution in [3.63, 3.8) is 0 Å². The Morgan fingerprint density at radius 1 is 0.828 bits per heavy atom. The van der Waals surface area contributed by atoms with E-state index < -0.39 is 0 Å². The fraction of sp³-hybridized carbons (Fsp3) is 0.360. The van der Waals surface area contributed by atoms with E-state index in [0.717, 1.165) is 28.4 Å². The normalized spacial score (nSPS) is 12.1. The monoisotopic (exact) mass is 385 g/mol. The van der Waals surface area contributed by atoms with Gasteiger partial charge in [-0.25, -0.2) is 14.5 Å². The van der Waals surface area contributed by atoms with Crippen molar-refractivity contribution in [1.82, 2.24) is 15.0 Å². The zero-order valence-electron chi connectivity index (χ0n) is 18.7. The predicted molar refractivity (Wildman–Crippen MR) is 119 cm³/mol. The van der Waals surface area contributed by atoms with Gasteiger partial charge in [-0.2, -0.15) is 0 Å². The molecule has 0 saturated carbocycles. The number of hydrogen-bond acceptors (Lipinski definition) is 3. The topological polar surface area (TPSA) is 42.5 Å². The molecule has 0 bridgehead atoms. The lowest BCUT2D eigenvalue weighted by Gasteiger charge is -2.24. The summed E-state index contributed by atoms with van der Waals surface area (Å²) in [5.41, 5.74) is 8.35. The van der Waals surface area contributed by atoms with Crippen molar-refractivity contribution in [2.75, 3.05) is 0 Å². The van der Waals surface area contributed by atoms with Gasteiger partial charge in [-0.1, -0.05) is 45.0 Å². The molecule has 4 nitrogen and oxygen atoms in total. The van der Waals surface area contributed by atoms with Crippen LogP contribution in [0.1, 0.15) is 49.1 Å². The number of hydrogen-bond donors (Lipinski definition) is 0. The van der Waals surface area contributed by atoms with Crippen LogP contribution in [-0.2, 0) is 12.5 Å². The highest BCUT2D eigenvalue weighted by Gasteiger charge is 2.26. The molecule has 0 aliphatic carbocycles. The van der Waals surface area contributed by atoms with E-state index in [0.29, 0.717) is 5.65 Å². The Kier molecular flexibility index (Phi) is 4.41. The van der Waals surface area contributed by atoms with Gasteiger partial charge < -0.3 is 0 Å². The molecule has 0 fully saturated rings. The summed E-state index contributed by atoms with van der Waals surface area (Å²) in [5.74, 6) is 0.926. The minimum atomic E-state index is 0.0245. The molecule has 0 unspecified atom stereocenters. The molecule has 4 heteroatoms. The molecular formula is C25H29N4+. The Labute approximate surface area is 172 Å². The van der Waals surface area contributed by atoms with Crippen molar-refractivity contribution in [1.29, 1.82) is 0 Å². The molecule has 0 saturated heterocycles. The maximum atomic E-state index is 4.92. The Balaban J connectivity index is 2.21. The largest absolute Gasteiger partial charge is 0.298 e. The van der Waals surface area contributed by atoms with Crippen molar-refractivity contribution in [3.8, 4) is 11.3 Å². The lowest BCUT2D eigenvalue weighted by Crippen LogP contribution is -2.37. The smallest absolute Gasteiger partial charge is 0.241 e. The number of aryl methyl sites for hydroxylation is 4. The first-order chi connectivity index (χ1) is 13.6. The van der Waals surface area contributed by atoms with Gasteiger partial charge in [-0.05, 0) is 59.1 Å². The van der Waals surface area contributed by atoms with Crippen molar-refractivity contribution >= 4 is 21.9 Å². The average Bonchev–Trinajstić information content (AvgIpc) is 2.65. The molecule has 2 aromatic carbocycles. The Hall–Kier alpha value is -2.88. The highest BCUT2D eigenvalue weighted by Crippen LogP contribution is 2.38. The number of fused-ring (bicyclic) bond motifs is 2. The van der Waals surface area contributed by atoms with Crippen LogP contribution in [-0.4, -0.2) is 15.0 Å². The third-order valence-corrected chi connectivity index (χ3v) is 5.98. The van der Waals surface area contributed by atoms with Crippen LogP contribution in [0.4, 0.5) is 0 Å². The summed E-state index contributed by atoms with van der Waals surface area (Å²) in [6.07, 6.45) is 0. The summed E-state index contributed by atoms with van der Waals surface area (Å²) in [5, 5.41) is 2.60. The predicted octanol–water partition coefficient (Wildman–Crippen LogP) is 5.20. The van der Waals surface area contributed by atoms with Crippen molar-refractivity contribution in [2.45, 2.75) is 53.9 Å². The fourth-order valence-corrected chi connectivity index (χ4v) is 4.07. The van der Waals surface area contributed by atoms with E-state index in [1.165, 1.54) is 27.5 Å². The second-order valence-corrected chi connectivity index (χ2v) is 9.03. The molecule has 0 radical (unpaired) electrons. The first kappa shape index (κ1) is 19.4. The molecular weight excluding hydrogens is 356 g/mol. The maximum absolute atomic E-state index is 4.92. The molecule has 0 spiro atoms. The van der Waals surface area contributed by atoms with E-state index in [-0.39, 0.29) is 5.41 Å². The molecule has 148 valence electrons. The number of aromatic nitrogens is 4. The lowest BCUT2D eigenvalue weighted by molar-refractivity contribution is -0.668. The van der Waals surface area contributed by atoms with E-state index in [2.05, 4.69) is 69.6 Å². The van der Waals surface area contributed by atoms with Crippen LogP contribution in [0, 0.1) is 27.7 Å². The lowest BCUT2D eigenvalue weighted by atomic mass is 9.80. The van der Waals surface area contributed by atoms with Gasteiger partial charge in [0.2, 0.25) is 0 Å². The summed E-state index contributed by atoms with van der Waals surface area (Å²) < 4.78 is 2.15. The third kappa shape index (κ3) is 3.07. The molecule has 0 N–H and O–H groups in total. The van der Waals surface area contributed by atoms with Gasteiger partial charge in [0.25, 0.3) is 11.5 Å². The van der Waals surface area contributed by atoms with E-state index in [4.69, 9.17) is 15.0 Å². The Bertz CT molecular complexity index is 1270. The molecule has 2 aromatic heterocycles. The van der Waals surface area contributed by atoms with Crippen LogP contribution in [0.3, 0.4) is 0 Å². The summed E-state index contributed by atoms with van der Waals surface area (Å²) in [7, 11) is 2.07. The Morgan fingerprint density at radius 3 is 2.10 bits per heavy atom. The fourth-order valence-electron chi connectivity index (χ4n) is 4.07. The zero-order chi connectivity index (χ0) is 21.1. The molecule has 29 heavy (non-hydrogen) atoms. The minimum Gasteiger partial charge on any atom is -0.241 e. The molecule has 0 aliphatic rings. The zero-order valence-corrected chi connectivity index (χ0v) is 18.7. The van der Waals surface area contributed by atoms with Crippen LogP contribution in [0.2, 0.25) is 0 Å². The summed E-state index contributed by atoms with van der Waals surface area (Å²) >= 11 is 0. The molecule has 4 rings (SSSR count).